The molecule has 0 aromatic carbocycles. The van der Waals surface area contributed by atoms with Crippen LogP contribution in [0.3, 0.4) is 0 Å². The van der Waals surface area contributed by atoms with Gasteiger partial charge in [0.25, 0.3) is 0 Å². The van der Waals surface area contributed by atoms with Crippen molar-refractivity contribution in [1.82, 2.24) is 10.2 Å². The molecule has 0 saturated heterocycles. The lowest BCUT2D eigenvalue weighted by atomic mass is 10.7. The van der Waals surface area contributed by atoms with Gasteiger partial charge < -0.3 is 5.21 Å². The first-order chi connectivity index (χ1) is 4.06. The Bertz CT molecular complexity index is 152. The summed E-state index contributed by atoms with van der Waals surface area (Å²) >= 11 is 0. The van der Waals surface area contributed by atoms with Gasteiger partial charge in [0.15, 0.2) is 0 Å². The van der Waals surface area contributed by atoms with Crippen LogP contribution in [0.5, 0.6) is 0 Å². The van der Waals surface area contributed by atoms with E-state index in [4.69, 9.17) is 9.76 Å². The average molecular weight is 156 g/mol. The molecule has 0 unspecified atom stereocenters. The lowest BCUT2D eigenvalue weighted by Gasteiger charge is -1.96. The molecule has 0 aliphatic heterocycles. The van der Waals surface area contributed by atoms with Crippen molar-refractivity contribution in [2.45, 2.75) is 0 Å². The van der Waals surface area contributed by atoms with Gasteiger partial charge in [-0.1, -0.05) is 0 Å². The smallest absolute Gasteiger partial charge is 0.317 e. The number of nitrogens with one attached hydrogen (secondary N) is 2. The van der Waals surface area contributed by atoms with Gasteiger partial charge in [0.05, 0.1) is 0 Å². The molecule has 0 radical (unpaired) electrons. The van der Waals surface area contributed by atoms with Crippen LogP contribution in [0.2, 0.25) is 0 Å². The third-order valence-corrected chi connectivity index (χ3v) is 1.09. The Hall–Kier alpha value is -0.210. The standard InChI is InChI=1S/C2H8N2O4S/c5-3-1-2-4-9(6,7)8/h3-5H,1-2H2,(H,6,7,8). The van der Waals surface area contributed by atoms with Crippen LogP contribution in [-0.4, -0.2) is 31.3 Å². The summed E-state index contributed by atoms with van der Waals surface area (Å²) in [6.45, 7) is 0.00905. The summed E-state index contributed by atoms with van der Waals surface area (Å²) in [6.07, 6.45) is 0. The van der Waals surface area contributed by atoms with Crippen LogP contribution < -0.4 is 10.2 Å². The Morgan fingerprint density at radius 2 is 1.89 bits per heavy atom. The zero-order chi connectivity index (χ0) is 7.33. The third kappa shape index (κ3) is 7.79. The van der Waals surface area contributed by atoms with E-state index in [0.29, 0.717) is 0 Å². The minimum absolute atomic E-state index is 0.0463. The molecule has 56 valence electrons. The lowest BCUT2D eigenvalue weighted by molar-refractivity contribution is 0.169. The molecular formula is C2H8N2O4S. The molecule has 0 atom stereocenters. The SMILES string of the molecule is O=S(=O)(O)NCCNO. The molecule has 0 rings (SSSR count). The van der Waals surface area contributed by atoms with Crippen molar-refractivity contribution < 1.29 is 18.2 Å². The fourth-order valence-electron chi connectivity index (χ4n) is 0.236. The molecular weight excluding hydrogens is 148 g/mol. The summed E-state index contributed by atoms with van der Waals surface area (Å²) in [6, 6.07) is 0. The molecule has 0 spiro atoms. The highest BCUT2D eigenvalue weighted by molar-refractivity contribution is 7.83. The average Bonchev–Trinajstić information content (AvgIpc) is 1.63. The Morgan fingerprint density at radius 1 is 1.33 bits per heavy atom. The van der Waals surface area contributed by atoms with Gasteiger partial charge in [0.2, 0.25) is 0 Å². The van der Waals surface area contributed by atoms with Crippen molar-refractivity contribution >= 4 is 10.3 Å². The molecule has 0 fully saturated rings. The fourth-order valence-corrected chi connectivity index (χ4v) is 0.596. The Morgan fingerprint density at radius 3 is 2.22 bits per heavy atom. The Balaban J connectivity index is 3.30. The molecule has 0 aliphatic rings. The van der Waals surface area contributed by atoms with Crippen molar-refractivity contribution in [2.24, 2.45) is 0 Å². The van der Waals surface area contributed by atoms with Gasteiger partial charge in [-0.25, -0.2) is 5.48 Å². The van der Waals surface area contributed by atoms with Crippen molar-refractivity contribution in [1.29, 1.82) is 0 Å². The number of hydrogen-bond donors (Lipinski definition) is 4. The van der Waals surface area contributed by atoms with E-state index in [9.17, 15) is 8.42 Å². The number of hydroxylamine groups is 1. The molecule has 9 heavy (non-hydrogen) atoms. The van der Waals surface area contributed by atoms with Crippen LogP contribution in [0.1, 0.15) is 0 Å². The van der Waals surface area contributed by atoms with Crippen LogP contribution >= 0.6 is 0 Å². The van der Waals surface area contributed by atoms with Gasteiger partial charge in [-0.05, 0) is 0 Å². The van der Waals surface area contributed by atoms with E-state index in [1.165, 1.54) is 0 Å². The largest absolute Gasteiger partial charge is 0.333 e. The highest BCUT2D eigenvalue weighted by Gasteiger charge is 1.98. The predicted octanol–water partition coefficient (Wildman–Crippen LogP) is -1.64. The van der Waals surface area contributed by atoms with E-state index in [1.807, 2.05) is 0 Å². The lowest BCUT2D eigenvalue weighted by Crippen LogP contribution is -2.29. The van der Waals surface area contributed by atoms with Crippen molar-refractivity contribution in [2.75, 3.05) is 13.1 Å². The summed E-state index contributed by atoms with van der Waals surface area (Å²) < 4.78 is 29.4. The molecule has 0 heterocycles. The van der Waals surface area contributed by atoms with E-state index in [1.54, 1.807) is 10.2 Å². The zero-order valence-electron chi connectivity index (χ0n) is 4.53. The zero-order valence-corrected chi connectivity index (χ0v) is 5.35. The molecule has 7 heteroatoms. The van der Waals surface area contributed by atoms with Gasteiger partial charge in [-0.3, -0.25) is 4.55 Å². The minimum atomic E-state index is -4.10. The first-order valence-corrected chi connectivity index (χ1v) is 3.59. The van der Waals surface area contributed by atoms with Gasteiger partial charge in [0, 0.05) is 13.1 Å². The van der Waals surface area contributed by atoms with Crippen molar-refractivity contribution in [3.05, 3.63) is 0 Å². The molecule has 0 aliphatic carbocycles. The summed E-state index contributed by atoms with van der Waals surface area (Å²) in [7, 11) is -4.10. The normalized spacial score (nSPS) is 11.8. The van der Waals surface area contributed by atoms with Crippen LogP contribution in [0.25, 0.3) is 0 Å². The van der Waals surface area contributed by atoms with Crippen LogP contribution in [-0.2, 0) is 10.3 Å². The Kier molecular flexibility index (Phi) is 3.66. The second kappa shape index (κ2) is 3.75. The van der Waals surface area contributed by atoms with Gasteiger partial charge in [-0.2, -0.15) is 13.1 Å². The molecule has 6 nitrogen and oxygen atoms in total. The summed E-state index contributed by atoms with van der Waals surface area (Å²) in [5.74, 6) is 0. The summed E-state index contributed by atoms with van der Waals surface area (Å²) in [4.78, 5) is 0. The fraction of sp³-hybridized carbons (Fsp3) is 1.00. The maximum Gasteiger partial charge on any atom is 0.333 e. The topological polar surface area (TPSA) is 98.7 Å². The van der Waals surface area contributed by atoms with Gasteiger partial charge >= 0.3 is 10.3 Å². The number of hydrogen-bond acceptors (Lipinski definition) is 4. The van der Waals surface area contributed by atoms with Crippen molar-refractivity contribution in [3.8, 4) is 0 Å². The molecule has 0 aromatic heterocycles. The van der Waals surface area contributed by atoms with E-state index in [-0.39, 0.29) is 13.1 Å². The Labute approximate surface area is 52.7 Å². The maximum atomic E-state index is 9.84. The molecule has 0 amide bonds. The van der Waals surface area contributed by atoms with Crippen LogP contribution in [0.4, 0.5) is 0 Å². The second-order valence-electron chi connectivity index (χ2n) is 1.28. The van der Waals surface area contributed by atoms with E-state index >= 15 is 0 Å². The highest BCUT2D eigenvalue weighted by atomic mass is 32.2. The predicted molar refractivity (Wildman–Crippen MR) is 29.3 cm³/mol. The third-order valence-electron chi connectivity index (χ3n) is 0.521. The molecule has 0 aromatic rings. The molecule has 0 saturated carbocycles. The summed E-state index contributed by atoms with van der Waals surface area (Å²) in [5.41, 5.74) is 1.70. The first-order valence-electron chi connectivity index (χ1n) is 2.15. The quantitative estimate of drug-likeness (QED) is 0.222. The van der Waals surface area contributed by atoms with E-state index in [0.717, 1.165) is 0 Å². The first kappa shape index (κ1) is 8.79. The van der Waals surface area contributed by atoms with Crippen LogP contribution in [0.15, 0.2) is 0 Å². The van der Waals surface area contributed by atoms with E-state index in [2.05, 4.69) is 0 Å². The minimum Gasteiger partial charge on any atom is -0.317 e. The monoisotopic (exact) mass is 156 g/mol. The van der Waals surface area contributed by atoms with Gasteiger partial charge in [0.1, 0.15) is 0 Å². The van der Waals surface area contributed by atoms with Gasteiger partial charge in [-0.15, -0.1) is 0 Å². The highest BCUT2D eigenvalue weighted by Crippen LogP contribution is 1.68. The summed E-state index contributed by atoms with van der Waals surface area (Å²) in [5, 5.41) is 7.90. The van der Waals surface area contributed by atoms with E-state index < -0.39 is 10.3 Å². The maximum absolute atomic E-state index is 9.84. The van der Waals surface area contributed by atoms with Crippen molar-refractivity contribution in [3.63, 3.8) is 0 Å². The molecule has 0 bridgehead atoms. The molecule has 4 N–H and O–H groups in total. The second-order valence-corrected chi connectivity index (χ2v) is 2.52. The van der Waals surface area contributed by atoms with Crippen LogP contribution in [0, 0.1) is 0 Å². The number of rotatable bonds is 4.